The Hall–Kier alpha value is -3.48. The molecule has 2 N–H and O–H groups in total. The number of carbonyl (C=O) groups excluding carboxylic acids is 2. The maximum Gasteiger partial charge on any atom is 0.330 e. The van der Waals surface area contributed by atoms with Crippen LogP contribution in [-0.2, 0) is 16.0 Å². The van der Waals surface area contributed by atoms with E-state index in [1.165, 1.54) is 12.1 Å². The van der Waals surface area contributed by atoms with Gasteiger partial charge in [-0.3, -0.25) is 4.79 Å². The molecule has 140 valence electrons. The van der Waals surface area contributed by atoms with Gasteiger partial charge in [-0.15, -0.1) is 5.11 Å². The lowest BCUT2D eigenvalue weighted by molar-refractivity contribution is -0.137. The summed E-state index contributed by atoms with van der Waals surface area (Å²) in [7, 11) is 0. The monoisotopic (exact) mass is 368 g/mol. The summed E-state index contributed by atoms with van der Waals surface area (Å²) in [5.74, 6) is -1.19. The van der Waals surface area contributed by atoms with Crippen LogP contribution in [0.5, 0.6) is 11.5 Å². The van der Waals surface area contributed by atoms with Gasteiger partial charge in [0.2, 0.25) is 0 Å². The number of azo groups is 1. The summed E-state index contributed by atoms with van der Waals surface area (Å²) in [5.41, 5.74) is 2.28. The zero-order chi connectivity index (χ0) is 19.8. The Morgan fingerprint density at radius 3 is 2.70 bits per heavy atom. The van der Waals surface area contributed by atoms with Crippen LogP contribution in [0.3, 0.4) is 0 Å². The molecule has 0 fully saturated rings. The Morgan fingerprint density at radius 2 is 2.00 bits per heavy atom. The van der Waals surface area contributed by atoms with Crippen molar-refractivity contribution in [3.8, 4) is 11.5 Å². The zero-order valence-electron chi connectivity index (χ0n) is 14.9. The first-order valence-corrected chi connectivity index (χ1v) is 8.26. The maximum atomic E-state index is 11.1. The molecule has 2 aromatic carbocycles. The van der Waals surface area contributed by atoms with Gasteiger partial charge in [0.25, 0.3) is 0 Å². The normalized spacial score (nSPS) is 10.7. The van der Waals surface area contributed by atoms with E-state index in [0.717, 1.165) is 17.2 Å². The van der Waals surface area contributed by atoms with Gasteiger partial charge >= 0.3 is 5.97 Å². The molecule has 0 unspecified atom stereocenters. The summed E-state index contributed by atoms with van der Waals surface area (Å²) in [4.78, 5) is 22.0. The largest absolute Gasteiger partial charge is 0.505 e. The Morgan fingerprint density at radius 1 is 1.22 bits per heavy atom. The maximum absolute atomic E-state index is 11.1. The van der Waals surface area contributed by atoms with Gasteiger partial charge in [0.05, 0.1) is 17.9 Å². The fraction of sp³-hybridized carbons (Fsp3) is 0.200. The van der Waals surface area contributed by atoms with E-state index in [-0.39, 0.29) is 23.6 Å². The molecule has 0 radical (unpaired) electrons. The van der Waals surface area contributed by atoms with E-state index in [0.29, 0.717) is 24.8 Å². The Kier molecular flexibility index (Phi) is 6.82. The number of hydrogen-bond acceptors (Lipinski definition) is 7. The van der Waals surface area contributed by atoms with Gasteiger partial charge in [0.15, 0.2) is 17.7 Å². The number of benzene rings is 2. The van der Waals surface area contributed by atoms with Crippen LogP contribution in [0.15, 0.2) is 53.2 Å². The summed E-state index contributed by atoms with van der Waals surface area (Å²) in [6.07, 6.45) is 2.75. The van der Waals surface area contributed by atoms with Crippen LogP contribution in [0.2, 0.25) is 0 Å². The van der Waals surface area contributed by atoms with E-state index in [1.807, 2.05) is 19.1 Å². The molecule has 0 aliphatic carbocycles. The molecule has 0 saturated carbocycles. The molecule has 0 atom stereocenters. The molecule has 0 spiro atoms. The minimum Gasteiger partial charge on any atom is -0.505 e. The Balaban J connectivity index is 2.21. The van der Waals surface area contributed by atoms with Gasteiger partial charge in [0, 0.05) is 6.08 Å². The number of nitrogens with zero attached hydrogens (tertiary/aromatic N) is 2. The fourth-order valence-electron chi connectivity index (χ4n) is 2.39. The standard InChI is InChI=1S/C20H20N2O5/c1-3-18(25)27-10-4-5-14-11-13(2)6-8-16(14)21-22-19-17(24)9-7-15(12-23)20(19)26/h3,6-9,11-12,24,26H,1,4-5,10H2,2H3. The second-order valence-corrected chi connectivity index (χ2v) is 5.80. The second kappa shape index (κ2) is 9.28. The van der Waals surface area contributed by atoms with Crippen molar-refractivity contribution in [2.45, 2.75) is 19.8 Å². The van der Waals surface area contributed by atoms with Crippen molar-refractivity contribution >= 4 is 23.6 Å². The van der Waals surface area contributed by atoms with Gasteiger partial charge in [-0.05, 0) is 43.5 Å². The van der Waals surface area contributed by atoms with Crippen LogP contribution in [0.1, 0.15) is 27.9 Å². The SMILES string of the molecule is C=CC(=O)OCCCc1cc(C)ccc1N=Nc1c(O)ccc(C=O)c1O. The Labute approximate surface area is 156 Å². The molecule has 0 aliphatic heterocycles. The van der Waals surface area contributed by atoms with Crippen molar-refractivity contribution in [3.05, 3.63) is 59.7 Å². The van der Waals surface area contributed by atoms with Gasteiger partial charge < -0.3 is 14.9 Å². The third-order valence-electron chi connectivity index (χ3n) is 3.78. The molecule has 0 aromatic heterocycles. The van der Waals surface area contributed by atoms with Crippen molar-refractivity contribution in [3.63, 3.8) is 0 Å². The smallest absolute Gasteiger partial charge is 0.330 e. The van der Waals surface area contributed by atoms with Gasteiger partial charge in [-0.25, -0.2) is 4.79 Å². The van der Waals surface area contributed by atoms with E-state index in [9.17, 15) is 19.8 Å². The van der Waals surface area contributed by atoms with Crippen molar-refractivity contribution in [1.29, 1.82) is 0 Å². The number of carbonyl (C=O) groups is 2. The molecule has 7 heteroatoms. The zero-order valence-corrected chi connectivity index (χ0v) is 14.9. The lowest BCUT2D eigenvalue weighted by Crippen LogP contribution is -2.03. The van der Waals surface area contributed by atoms with Gasteiger partial charge in [-0.2, -0.15) is 5.11 Å². The molecule has 0 amide bonds. The number of ether oxygens (including phenoxy) is 1. The number of phenolic OH excluding ortho intramolecular Hbond substituents is 2. The predicted octanol–water partition coefficient (Wildman–Crippen LogP) is 4.30. The van der Waals surface area contributed by atoms with E-state index in [4.69, 9.17) is 4.74 Å². The highest BCUT2D eigenvalue weighted by atomic mass is 16.5. The third kappa shape index (κ3) is 5.24. The van der Waals surface area contributed by atoms with Crippen LogP contribution >= 0.6 is 0 Å². The molecule has 2 aromatic rings. The molecule has 0 heterocycles. The summed E-state index contributed by atoms with van der Waals surface area (Å²) in [6.45, 7) is 5.52. The van der Waals surface area contributed by atoms with Crippen LogP contribution in [-0.4, -0.2) is 29.1 Å². The number of hydrogen-bond donors (Lipinski definition) is 2. The highest BCUT2D eigenvalue weighted by molar-refractivity contribution is 5.84. The number of aldehydes is 1. The number of esters is 1. The molecular formula is C20H20N2O5. The quantitative estimate of drug-likeness (QED) is 0.237. The fourth-order valence-corrected chi connectivity index (χ4v) is 2.39. The summed E-state index contributed by atoms with van der Waals surface area (Å²) in [5, 5.41) is 27.9. The van der Waals surface area contributed by atoms with Crippen molar-refractivity contribution in [1.82, 2.24) is 0 Å². The average Bonchev–Trinajstić information content (AvgIpc) is 2.66. The minimum absolute atomic E-state index is 0.00918. The van der Waals surface area contributed by atoms with Crippen LogP contribution in [0, 0.1) is 6.92 Å². The number of aromatic hydroxyl groups is 2. The molecule has 0 bridgehead atoms. The first-order chi connectivity index (χ1) is 13.0. The molecule has 0 saturated heterocycles. The lowest BCUT2D eigenvalue weighted by Gasteiger charge is -2.08. The first-order valence-electron chi connectivity index (χ1n) is 8.26. The Bertz CT molecular complexity index is 890. The molecule has 2 rings (SSSR count). The number of rotatable bonds is 8. The van der Waals surface area contributed by atoms with Crippen LogP contribution in [0.25, 0.3) is 0 Å². The first kappa shape index (κ1) is 19.8. The average molecular weight is 368 g/mol. The van der Waals surface area contributed by atoms with E-state index >= 15 is 0 Å². The highest BCUT2D eigenvalue weighted by Gasteiger charge is 2.12. The topological polar surface area (TPSA) is 109 Å². The molecule has 0 aliphatic rings. The molecule has 7 nitrogen and oxygen atoms in total. The minimum atomic E-state index is -0.472. The van der Waals surface area contributed by atoms with Crippen LogP contribution in [0.4, 0.5) is 11.4 Å². The van der Waals surface area contributed by atoms with E-state index in [2.05, 4.69) is 16.8 Å². The summed E-state index contributed by atoms with van der Waals surface area (Å²) >= 11 is 0. The summed E-state index contributed by atoms with van der Waals surface area (Å²) in [6, 6.07) is 8.12. The van der Waals surface area contributed by atoms with Crippen molar-refractivity contribution in [2.24, 2.45) is 10.2 Å². The highest BCUT2D eigenvalue weighted by Crippen LogP contribution is 2.39. The molecular weight excluding hydrogens is 348 g/mol. The van der Waals surface area contributed by atoms with Gasteiger partial charge in [-0.1, -0.05) is 24.3 Å². The number of phenols is 2. The van der Waals surface area contributed by atoms with Crippen LogP contribution < -0.4 is 0 Å². The van der Waals surface area contributed by atoms with Crippen molar-refractivity contribution < 1.29 is 24.5 Å². The number of aryl methyl sites for hydroxylation is 2. The lowest BCUT2D eigenvalue weighted by atomic mass is 10.1. The third-order valence-corrected chi connectivity index (χ3v) is 3.78. The molecule has 27 heavy (non-hydrogen) atoms. The second-order valence-electron chi connectivity index (χ2n) is 5.80. The van der Waals surface area contributed by atoms with E-state index < -0.39 is 11.7 Å². The summed E-state index contributed by atoms with van der Waals surface area (Å²) < 4.78 is 4.96. The van der Waals surface area contributed by atoms with Crippen molar-refractivity contribution in [2.75, 3.05) is 6.61 Å². The van der Waals surface area contributed by atoms with Gasteiger partial charge in [0.1, 0.15) is 5.75 Å². The van der Waals surface area contributed by atoms with E-state index in [1.54, 1.807) is 6.07 Å². The predicted molar refractivity (Wildman–Crippen MR) is 100.0 cm³/mol.